The molecule has 3 N–H and O–H groups in total. The van der Waals surface area contributed by atoms with Crippen LogP contribution in [0.5, 0.6) is 0 Å². The monoisotopic (exact) mass is 336 g/mol. The molecule has 2 aromatic carbocycles. The summed E-state index contributed by atoms with van der Waals surface area (Å²) in [5.41, 5.74) is 9.69. The minimum Gasteiger partial charge on any atom is -0.399 e. The average Bonchev–Trinajstić information content (AvgIpc) is 3.23. The van der Waals surface area contributed by atoms with Crippen LogP contribution in [0.4, 0.5) is 16.5 Å². The highest BCUT2D eigenvalue weighted by Crippen LogP contribution is 2.30. The molecule has 0 aliphatic rings. The molecule has 7 heteroatoms. The van der Waals surface area contributed by atoms with E-state index in [4.69, 9.17) is 5.73 Å². The van der Waals surface area contributed by atoms with Crippen molar-refractivity contribution in [2.24, 2.45) is 0 Å². The quantitative estimate of drug-likeness (QED) is 0.554. The highest BCUT2D eigenvalue weighted by Gasteiger charge is 2.09. The summed E-state index contributed by atoms with van der Waals surface area (Å²) in [6, 6.07) is 14.2. The predicted octanol–water partition coefficient (Wildman–Crippen LogP) is 3.82. The van der Waals surface area contributed by atoms with E-state index in [0.717, 1.165) is 26.7 Å². The van der Waals surface area contributed by atoms with Gasteiger partial charge in [-0.2, -0.15) is 5.10 Å². The van der Waals surface area contributed by atoms with Gasteiger partial charge < -0.3 is 11.1 Å². The first-order chi connectivity index (χ1) is 11.7. The van der Waals surface area contributed by atoms with Gasteiger partial charge in [0.15, 0.2) is 5.13 Å². The first kappa shape index (κ1) is 14.6. The number of nitrogens with two attached hydrogens (primary N) is 1. The van der Waals surface area contributed by atoms with Crippen molar-refractivity contribution in [3.63, 3.8) is 0 Å². The summed E-state index contributed by atoms with van der Waals surface area (Å²) in [5, 5.41) is 8.39. The van der Waals surface area contributed by atoms with E-state index in [1.54, 1.807) is 24.0 Å². The Morgan fingerprint density at radius 2 is 2.00 bits per heavy atom. The molecule has 0 fully saturated rings. The van der Waals surface area contributed by atoms with Crippen LogP contribution in [0.15, 0.2) is 55.1 Å². The second kappa shape index (κ2) is 5.93. The average molecular weight is 336 g/mol. The van der Waals surface area contributed by atoms with Crippen LogP contribution in [-0.2, 0) is 0 Å². The van der Waals surface area contributed by atoms with Gasteiger partial charge in [0.2, 0.25) is 0 Å². The fraction of sp³-hybridized carbons (Fsp3) is 0.118. The minimum absolute atomic E-state index is 0.145. The molecule has 24 heavy (non-hydrogen) atoms. The van der Waals surface area contributed by atoms with Crippen LogP contribution in [0.1, 0.15) is 18.5 Å². The van der Waals surface area contributed by atoms with Crippen LogP contribution in [0.2, 0.25) is 0 Å². The summed E-state index contributed by atoms with van der Waals surface area (Å²) in [4.78, 5) is 8.57. The number of rotatable bonds is 4. The Kier molecular flexibility index (Phi) is 3.62. The normalized spacial score (nSPS) is 12.4. The van der Waals surface area contributed by atoms with Crippen LogP contribution in [0.25, 0.3) is 10.2 Å². The lowest BCUT2D eigenvalue weighted by molar-refractivity contribution is 0.563. The van der Waals surface area contributed by atoms with Crippen molar-refractivity contribution in [2.45, 2.75) is 13.0 Å². The molecule has 4 aromatic rings. The van der Waals surface area contributed by atoms with Gasteiger partial charge in [0.1, 0.15) is 12.7 Å². The number of anilines is 3. The molecule has 1 unspecified atom stereocenters. The van der Waals surface area contributed by atoms with Crippen molar-refractivity contribution in [1.29, 1.82) is 0 Å². The zero-order valence-electron chi connectivity index (χ0n) is 13.0. The van der Waals surface area contributed by atoms with E-state index in [1.165, 1.54) is 5.56 Å². The molecular formula is C17H16N6S. The van der Waals surface area contributed by atoms with Gasteiger partial charge in [-0.1, -0.05) is 23.5 Å². The molecule has 2 aromatic heterocycles. The number of thiazole rings is 1. The number of nitrogen functional groups attached to an aromatic ring is 1. The Hall–Kier alpha value is -2.93. The Morgan fingerprint density at radius 3 is 2.75 bits per heavy atom. The van der Waals surface area contributed by atoms with Crippen molar-refractivity contribution in [1.82, 2.24) is 19.7 Å². The minimum atomic E-state index is 0.145. The van der Waals surface area contributed by atoms with Gasteiger partial charge in [-0.05, 0) is 42.8 Å². The lowest BCUT2D eigenvalue weighted by Gasteiger charge is -2.12. The number of fused-ring (bicyclic) bond motifs is 1. The third-order valence-corrected chi connectivity index (χ3v) is 4.82. The summed E-state index contributed by atoms with van der Waals surface area (Å²) in [6.07, 6.45) is 3.27. The zero-order valence-corrected chi connectivity index (χ0v) is 13.9. The fourth-order valence-corrected chi connectivity index (χ4v) is 3.47. The molecule has 0 radical (unpaired) electrons. The molecule has 2 heterocycles. The van der Waals surface area contributed by atoms with Crippen LogP contribution in [-0.4, -0.2) is 19.7 Å². The molecule has 6 nitrogen and oxygen atoms in total. The number of hydrogen-bond acceptors (Lipinski definition) is 6. The van der Waals surface area contributed by atoms with E-state index in [1.807, 2.05) is 35.0 Å². The number of nitrogens with zero attached hydrogens (tertiary/aromatic N) is 4. The van der Waals surface area contributed by atoms with Crippen LogP contribution in [0, 0.1) is 0 Å². The molecule has 120 valence electrons. The molecule has 0 bridgehead atoms. The van der Waals surface area contributed by atoms with E-state index in [9.17, 15) is 0 Å². The van der Waals surface area contributed by atoms with E-state index in [0.29, 0.717) is 0 Å². The topological polar surface area (TPSA) is 81.6 Å². The predicted molar refractivity (Wildman–Crippen MR) is 97.6 cm³/mol. The molecule has 4 rings (SSSR count). The number of benzene rings is 2. The largest absolute Gasteiger partial charge is 0.399 e. The maximum absolute atomic E-state index is 5.82. The molecule has 0 amide bonds. The van der Waals surface area contributed by atoms with Gasteiger partial charge in [-0.25, -0.2) is 14.6 Å². The Balaban J connectivity index is 1.54. The second-order valence-corrected chi connectivity index (χ2v) is 6.58. The summed E-state index contributed by atoms with van der Waals surface area (Å²) in [6.45, 7) is 2.09. The molecule has 0 aliphatic carbocycles. The van der Waals surface area contributed by atoms with Crippen molar-refractivity contribution < 1.29 is 0 Å². The summed E-state index contributed by atoms with van der Waals surface area (Å²) >= 11 is 1.59. The lowest BCUT2D eigenvalue weighted by Crippen LogP contribution is -2.07. The van der Waals surface area contributed by atoms with Gasteiger partial charge in [0.25, 0.3) is 0 Å². The van der Waals surface area contributed by atoms with E-state index in [-0.39, 0.29) is 6.04 Å². The number of nitrogens with one attached hydrogen (secondary N) is 1. The molecule has 0 spiro atoms. The van der Waals surface area contributed by atoms with E-state index in [2.05, 4.69) is 39.4 Å². The highest BCUT2D eigenvalue weighted by atomic mass is 32.1. The molecule has 1 atom stereocenters. The fourth-order valence-electron chi connectivity index (χ4n) is 2.53. The summed E-state index contributed by atoms with van der Waals surface area (Å²) in [7, 11) is 0. The number of aromatic nitrogens is 4. The maximum Gasteiger partial charge on any atom is 0.188 e. The molecule has 0 saturated heterocycles. The molecule has 0 aliphatic heterocycles. The summed E-state index contributed by atoms with van der Waals surface area (Å²) < 4.78 is 2.91. The molecule has 0 saturated carbocycles. The lowest BCUT2D eigenvalue weighted by atomic mass is 10.1. The second-order valence-electron chi connectivity index (χ2n) is 5.54. The van der Waals surface area contributed by atoms with Gasteiger partial charge >= 0.3 is 0 Å². The van der Waals surface area contributed by atoms with Crippen molar-refractivity contribution in [3.05, 3.63) is 60.7 Å². The zero-order chi connectivity index (χ0) is 16.5. The summed E-state index contributed by atoms with van der Waals surface area (Å²) in [5.74, 6) is 0. The van der Waals surface area contributed by atoms with Crippen molar-refractivity contribution in [3.8, 4) is 0 Å². The highest BCUT2D eigenvalue weighted by molar-refractivity contribution is 7.22. The number of hydrogen-bond donors (Lipinski definition) is 2. The Morgan fingerprint density at radius 1 is 1.17 bits per heavy atom. The van der Waals surface area contributed by atoms with Crippen molar-refractivity contribution >= 4 is 38.1 Å². The third kappa shape index (κ3) is 2.81. The van der Waals surface area contributed by atoms with Crippen LogP contribution >= 0.6 is 11.3 Å². The van der Waals surface area contributed by atoms with Crippen LogP contribution < -0.4 is 11.1 Å². The van der Waals surface area contributed by atoms with Crippen LogP contribution in [0.3, 0.4) is 0 Å². The first-order valence-electron chi connectivity index (χ1n) is 7.56. The Bertz CT molecular complexity index is 959. The van der Waals surface area contributed by atoms with Gasteiger partial charge in [-0.3, -0.25) is 0 Å². The smallest absolute Gasteiger partial charge is 0.188 e. The van der Waals surface area contributed by atoms with Gasteiger partial charge in [-0.15, -0.1) is 0 Å². The maximum atomic E-state index is 5.82. The SMILES string of the molecule is CC(c1ccc(Nc2nc3ccc(N)cc3s2)cc1)n1cncn1. The third-order valence-electron chi connectivity index (χ3n) is 3.89. The first-order valence-corrected chi connectivity index (χ1v) is 8.38. The van der Waals surface area contributed by atoms with Gasteiger partial charge in [0, 0.05) is 11.4 Å². The van der Waals surface area contributed by atoms with E-state index < -0.39 is 0 Å². The van der Waals surface area contributed by atoms with Gasteiger partial charge in [0.05, 0.1) is 16.3 Å². The Labute approximate surface area is 143 Å². The van der Waals surface area contributed by atoms with E-state index >= 15 is 0 Å². The van der Waals surface area contributed by atoms with Crippen molar-refractivity contribution in [2.75, 3.05) is 11.1 Å². The standard InChI is InChI=1S/C17H16N6S/c1-11(23-10-19-9-20-23)12-2-5-14(6-3-12)21-17-22-15-7-4-13(18)8-16(15)24-17/h2-11H,18H2,1H3,(H,21,22). The molecular weight excluding hydrogens is 320 g/mol.